The number of anilines is 1. The molecule has 2 rings (SSSR count). The lowest BCUT2D eigenvalue weighted by molar-refractivity contribution is -0.139. The van der Waals surface area contributed by atoms with E-state index in [0.29, 0.717) is 24.2 Å². The average Bonchev–Trinajstić information content (AvgIpc) is 2.33. The number of hydrogen-bond donors (Lipinski definition) is 2. The van der Waals surface area contributed by atoms with Crippen LogP contribution in [0.2, 0.25) is 0 Å². The molecule has 1 aromatic heterocycles. The van der Waals surface area contributed by atoms with Crippen molar-refractivity contribution in [1.29, 1.82) is 0 Å². The quantitative estimate of drug-likeness (QED) is 0.830. The Bertz CT molecular complexity index is 412. The van der Waals surface area contributed by atoms with Crippen molar-refractivity contribution in [2.24, 2.45) is 0 Å². The van der Waals surface area contributed by atoms with E-state index in [1.54, 1.807) is 18.3 Å². The maximum Gasteiger partial charge on any atom is 0.168 e. The van der Waals surface area contributed by atoms with Crippen molar-refractivity contribution in [1.82, 2.24) is 4.98 Å². The minimum Gasteiger partial charge on any atom is -0.383 e. The summed E-state index contributed by atoms with van der Waals surface area (Å²) in [7, 11) is 0. The van der Waals surface area contributed by atoms with Gasteiger partial charge in [-0.2, -0.15) is 0 Å². The first-order valence-electron chi connectivity index (χ1n) is 6.07. The van der Waals surface area contributed by atoms with Gasteiger partial charge in [-0.25, -0.2) is 4.98 Å². The number of nitrogens with two attached hydrogens (primary N) is 1. The molecule has 1 fully saturated rings. The van der Waals surface area contributed by atoms with Crippen molar-refractivity contribution in [2.45, 2.75) is 44.1 Å². The van der Waals surface area contributed by atoms with Crippen molar-refractivity contribution < 1.29 is 9.90 Å². The van der Waals surface area contributed by atoms with Crippen LogP contribution >= 0.6 is 0 Å². The second kappa shape index (κ2) is 4.84. The number of carbonyl (C=O) groups excluding carboxylic acids is 1. The minimum atomic E-state index is -1.14. The topological polar surface area (TPSA) is 76.2 Å². The molecule has 0 radical (unpaired) electrons. The van der Waals surface area contributed by atoms with Gasteiger partial charge in [0.2, 0.25) is 0 Å². The number of aromatic nitrogens is 1. The van der Waals surface area contributed by atoms with E-state index in [0.717, 1.165) is 19.3 Å². The molecule has 0 atom stereocenters. The molecule has 17 heavy (non-hydrogen) atoms. The Labute approximate surface area is 101 Å². The Balaban J connectivity index is 2.08. The van der Waals surface area contributed by atoms with E-state index in [4.69, 9.17) is 5.73 Å². The summed E-state index contributed by atoms with van der Waals surface area (Å²) in [4.78, 5) is 16.1. The second-order valence-electron chi connectivity index (χ2n) is 4.74. The van der Waals surface area contributed by atoms with Gasteiger partial charge in [0.25, 0.3) is 0 Å². The molecule has 3 N–H and O–H groups in total. The summed E-state index contributed by atoms with van der Waals surface area (Å²) in [6.45, 7) is 0. The van der Waals surface area contributed by atoms with E-state index >= 15 is 0 Å². The molecule has 0 spiro atoms. The van der Waals surface area contributed by atoms with E-state index in [1.807, 2.05) is 0 Å². The van der Waals surface area contributed by atoms with E-state index < -0.39 is 5.60 Å². The number of aliphatic hydroxyl groups is 1. The minimum absolute atomic E-state index is 0.128. The van der Waals surface area contributed by atoms with Crippen molar-refractivity contribution in [2.75, 3.05) is 5.73 Å². The van der Waals surface area contributed by atoms with Gasteiger partial charge in [-0.1, -0.05) is 25.3 Å². The third-order valence-corrected chi connectivity index (χ3v) is 3.48. The lowest BCUT2D eigenvalue weighted by Gasteiger charge is -2.30. The highest BCUT2D eigenvalue weighted by Gasteiger charge is 2.36. The lowest BCUT2D eigenvalue weighted by atomic mass is 9.80. The van der Waals surface area contributed by atoms with Gasteiger partial charge in [-0.05, 0) is 18.9 Å². The Kier molecular flexibility index (Phi) is 3.43. The highest BCUT2D eigenvalue weighted by Crippen LogP contribution is 2.30. The van der Waals surface area contributed by atoms with Crippen molar-refractivity contribution in [3.63, 3.8) is 0 Å². The van der Waals surface area contributed by atoms with Gasteiger partial charge < -0.3 is 10.8 Å². The molecule has 0 bridgehead atoms. The van der Waals surface area contributed by atoms with Crippen LogP contribution in [-0.2, 0) is 11.2 Å². The number of rotatable bonds is 3. The molecule has 92 valence electrons. The van der Waals surface area contributed by atoms with E-state index in [1.165, 1.54) is 0 Å². The summed E-state index contributed by atoms with van der Waals surface area (Å²) >= 11 is 0. The molecule has 4 nitrogen and oxygen atoms in total. The molecule has 1 aliphatic carbocycles. The number of nitrogen functional groups attached to an aromatic ring is 1. The summed E-state index contributed by atoms with van der Waals surface area (Å²) < 4.78 is 0. The number of carbonyl (C=O) groups is 1. The van der Waals surface area contributed by atoms with Gasteiger partial charge in [0.15, 0.2) is 5.78 Å². The Morgan fingerprint density at radius 2 is 2.12 bits per heavy atom. The lowest BCUT2D eigenvalue weighted by Crippen LogP contribution is -2.41. The smallest absolute Gasteiger partial charge is 0.168 e. The van der Waals surface area contributed by atoms with Crippen LogP contribution in [0.25, 0.3) is 0 Å². The Morgan fingerprint density at radius 1 is 1.41 bits per heavy atom. The number of Topliss-reactive ketones (excluding diaryl/α,β-unsaturated/α-hetero) is 1. The highest BCUT2D eigenvalue weighted by atomic mass is 16.3. The molecule has 0 aromatic carbocycles. The number of pyridine rings is 1. The fraction of sp³-hybridized carbons (Fsp3) is 0.538. The summed E-state index contributed by atoms with van der Waals surface area (Å²) in [5.74, 6) is 0.247. The fourth-order valence-corrected chi connectivity index (χ4v) is 2.35. The van der Waals surface area contributed by atoms with Crippen LogP contribution in [0.3, 0.4) is 0 Å². The zero-order valence-corrected chi connectivity index (χ0v) is 9.85. The van der Waals surface area contributed by atoms with Crippen molar-refractivity contribution in [3.8, 4) is 0 Å². The normalized spacial score (nSPS) is 18.9. The van der Waals surface area contributed by atoms with E-state index in [9.17, 15) is 9.90 Å². The fourth-order valence-electron chi connectivity index (χ4n) is 2.35. The maximum absolute atomic E-state index is 12.1. The number of hydrogen-bond acceptors (Lipinski definition) is 4. The van der Waals surface area contributed by atoms with Crippen molar-refractivity contribution >= 4 is 11.6 Å². The summed E-state index contributed by atoms with van der Waals surface area (Å²) in [6.07, 6.45) is 5.87. The molecule has 1 aromatic rings. The van der Waals surface area contributed by atoms with Gasteiger partial charge in [0, 0.05) is 18.2 Å². The van der Waals surface area contributed by atoms with Crippen LogP contribution in [0.1, 0.15) is 37.7 Å². The van der Waals surface area contributed by atoms with Gasteiger partial charge >= 0.3 is 0 Å². The number of ketones is 1. The number of nitrogens with zero attached hydrogens (tertiary/aromatic N) is 1. The standard InChI is InChI=1S/C13H18N2O2/c14-12-10(5-4-8-15-12)9-11(16)13(17)6-2-1-3-7-13/h4-5,8,17H,1-3,6-7,9H2,(H2,14,15). The van der Waals surface area contributed by atoms with Crippen LogP contribution in [0.15, 0.2) is 18.3 Å². The van der Waals surface area contributed by atoms with Gasteiger partial charge in [-0.3, -0.25) is 4.79 Å². The summed E-state index contributed by atoms with van der Waals surface area (Å²) in [5.41, 5.74) is 5.26. The monoisotopic (exact) mass is 234 g/mol. The molecule has 1 heterocycles. The second-order valence-corrected chi connectivity index (χ2v) is 4.74. The van der Waals surface area contributed by atoms with Crippen LogP contribution in [0.5, 0.6) is 0 Å². The van der Waals surface area contributed by atoms with Gasteiger partial charge in [0.05, 0.1) is 0 Å². The molecule has 0 amide bonds. The largest absolute Gasteiger partial charge is 0.383 e. The first-order valence-corrected chi connectivity index (χ1v) is 6.07. The van der Waals surface area contributed by atoms with Gasteiger partial charge in [0.1, 0.15) is 11.4 Å². The molecule has 0 unspecified atom stereocenters. The maximum atomic E-state index is 12.1. The van der Waals surface area contributed by atoms with Gasteiger partial charge in [-0.15, -0.1) is 0 Å². The molecule has 4 heteroatoms. The zero-order chi connectivity index (χ0) is 12.3. The predicted molar refractivity (Wildman–Crippen MR) is 65.4 cm³/mol. The summed E-state index contributed by atoms with van der Waals surface area (Å²) in [5, 5.41) is 10.3. The van der Waals surface area contributed by atoms with Crippen LogP contribution in [0.4, 0.5) is 5.82 Å². The summed E-state index contributed by atoms with van der Waals surface area (Å²) in [6, 6.07) is 3.54. The molecule has 0 aliphatic heterocycles. The zero-order valence-electron chi connectivity index (χ0n) is 9.85. The first kappa shape index (κ1) is 12.0. The third kappa shape index (κ3) is 2.64. The van der Waals surface area contributed by atoms with Crippen LogP contribution in [-0.4, -0.2) is 21.5 Å². The molecule has 1 saturated carbocycles. The highest BCUT2D eigenvalue weighted by molar-refractivity contribution is 5.89. The Hall–Kier alpha value is -1.42. The SMILES string of the molecule is Nc1ncccc1CC(=O)C1(O)CCCCC1. The third-order valence-electron chi connectivity index (χ3n) is 3.48. The first-order chi connectivity index (χ1) is 8.12. The predicted octanol–water partition coefficient (Wildman–Crippen LogP) is 1.47. The molecule has 0 saturated heterocycles. The molecular formula is C13H18N2O2. The van der Waals surface area contributed by atoms with E-state index in [-0.39, 0.29) is 12.2 Å². The molecule has 1 aliphatic rings. The van der Waals surface area contributed by atoms with Crippen molar-refractivity contribution in [3.05, 3.63) is 23.9 Å². The van der Waals surface area contributed by atoms with E-state index in [2.05, 4.69) is 4.98 Å². The van der Waals surface area contributed by atoms with Crippen LogP contribution < -0.4 is 5.73 Å². The van der Waals surface area contributed by atoms with Crippen LogP contribution in [0, 0.1) is 0 Å². The Morgan fingerprint density at radius 3 is 2.76 bits per heavy atom. The average molecular weight is 234 g/mol. The molecular weight excluding hydrogens is 216 g/mol.